The molecule has 0 aromatic rings. The van der Waals surface area contributed by atoms with Gasteiger partial charge in [-0.05, 0) is 25.2 Å². The second-order valence-electron chi connectivity index (χ2n) is 2.43. The van der Waals surface area contributed by atoms with E-state index in [1.807, 2.05) is 6.08 Å². The van der Waals surface area contributed by atoms with Crippen LogP contribution in [-0.2, 0) is 0 Å². The Morgan fingerprint density at radius 3 is 2.62 bits per heavy atom. The fourth-order valence-electron chi connectivity index (χ4n) is 0.844. The summed E-state index contributed by atoms with van der Waals surface area (Å²) in [5.41, 5.74) is 1.38. The molecule has 44 valence electrons. The molecule has 0 aliphatic heterocycles. The van der Waals surface area contributed by atoms with Crippen LogP contribution in [0, 0.1) is 5.92 Å². The van der Waals surface area contributed by atoms with Gasteiger partial charge in [-0.3, -0.25) is 0 Å². The van der Waals surface area contributed by atoms with E-state index in [0.29, 0.717) is 0 Å². The molecule has 0 radical (unpaired) electrons. The largest absolute Gasteiger partial charge is 0.103 e. The van der Waals surface area contributed by atoms with E-state index in [2.05, 4.69) is 13.2 Å². The zero-order chi connectivity index (χ0) is 5.98. The van der Waals surface area contributed by atoms with Gasteiger partial charge in [-0.15, -0.1) is 6.58 Å². The van der Waals surface area contributed by atoms with Crippen LogP contribution in [0.2, 0.25) is 0 Å². The summed E-state index contributed by atoms with van der Waals surface area (Å²) >= 11 is 0. The highest BCUT2D eigenvalue weighted by molar-refractivity contribution is 5.10. The van der Waals surface area contributed by atoms with Crippen LogP contribution in [0.3, 0.4) is 0 Å². The van der Waals surface area contributed by atoms with E-state index in [1.165, 1.54) is 18.4 Å². The summed E-state index contributed by atoms with van der Waals surface area (Å²) in [7, 11) is 0. The second kappa shape index (κ2) is 2.17. The van der Waals surface area contributed by atoms with Crippen LogP contribution in [0.15, 0.2) is 24.8 Å². The summed E-state index contributed by atoms with van der Waals surface area (Å²) in [6.07, 6.45) is 5.69. The zero-order valence-corrected chi connectivity index (χ0v) is 5.19. The van der Waals surface area contributed by atoms with Gasteiger partial charge in [-0.2, -0.15) is 0 Å². The van der Waals surface area contributed by atoms with E-state index >= 15 is 0 Å². The summed E-state index contributed by atoms with van der Waals surface area (Å²) in [6, 6.07) is 0. The van der Waals surface area contributed by atoms with Crippen molar-refractivity contribution in [3.8, 4) is 0 Å². The molecule has 0 amide bonds. The van der Waals surface area contributed by atoms with Gasteiger partial charge in [0.25, 0.3) is 0 Å². The van der Waals surface area contributed by atoms with Crippen molar-refractivity contribution >= 4 is 0 Å². The van der Waals surface area contributed by atoms with Crippen molar-refractivity contribution < 1.29 is 0 Å². The Morgan fingerprint density at radius 1 is 1.62 bits per heavy atom. The van der Waals surface area contributed by atoms with E-state index in [0.717, 1.165) is 12.3 Å². The van der Waals surface area contributed by atoms with Crippen molar-refractivity contribution in [2.75, 3.05) is 0 Å². The Morgan fingerprint density at radius 2 is 2.25 bits per heavy atom. The topological polar surface area (TPSA) is 0 Å². The smallest absolute Gasteiger partial charge is 0.0141 e. The van der Waals surface area contributed by atoms with Crippen LogP contribution in [0.1, 0.15) is 19.3 Å². The van der Waals surface area contributed by atoms with Gasteiger partial charge in [0.1, 0.15) is 0 Å². The monoisotopic (exact) mass is 108 g/mol. The average molecular weight is 108 g/mol. The second-order valence-corrected chi connectivity index (χ2v) is 2.43. The lowest BCUT2D eigenvalue weighted by molar-refractivity contribution is 0.962. The molecule has 1 fully saturated rings. The maximum Gasteiger partial charge on any atom is -0.0141 e. The van der Waals surface area contributed by atoms with Crippen molar-refractivity contribution in [1.82, 2.24) is 0 Å². The predicted octanol–water partition coefficient (Wildman–Crippen LogP) is 2.53. The molecular formula is C8H12. The summed E-state index contributed by atoms with van der Waals surface area (Å²) in [5.74, 6) is 0.855. The first-order chi connectivity index (χ1) is 3.84. The van der Waals surface area contributed by atoms with Gasteiger partial charge in [-0.1, -0.05) is 18.2 Å². The van der Waals surface area contributed by atoms with E-state index < -0.39 is 0 Å². The van der Waals surface area contributed by atoms with Crippen molar-refractivity contribution in [3.63, 3.8) is 0 Å². The molecule has 0 aromatic carbocycles. The van der Waals surface area contributed by atoms with E-state index in [9.17, 15) is 0 Å². The van der Waals surface area contributed by atoms with E-state index in [4.69, 9.17) is 0 Å². The highest BCUT2D eigenvalue weighted by Gasteiger charge is 2.22. The fourth-order valence-corrected chi connectivity index (χ4v) is 0.844. The third-order valence-electron chi connectivity index (χ3n) is 1.56. The molecule has 0 nitrogen and oxygen atoms in total. The van der Waals surface area contributed by atoms with Crippen molar-refractivity contribution in [3.05, 3.63) is 24.8 Å². The minimum Gasteiger partial charge on any atom is -0.103 e. The number of rotatable bonds is 3. The third-order valence-corrected chi connectivity index (χ3v) is 1.56. The molecule has 0 N–H and O–H groups in total. The van der Waals surface area contributed by atoms with Gasteiger partial charge in [0.05, 0.1) is 0 Å². The Bertz CT molecular complexity index is 107. The average Bonchev–Trinajstić information content (AvgIpc) is 2.45. The van der Waals surface area contributed by atoms with Gasteiger partial charge >= 0.3 is 0 Å². The molecule has 0 heteroatoms. The van der Waals surface area contributed by atoms with Gasteiger partial charge < -0.3 is 0 Å². The fraction of sp³-hybridized carbons (Fsp3) is 0.500. The van der Waals surface area contributed by atoms with Crippen LogP contribution in [0.25, 0.3) is 0 Å². The molecule has 0 atom stereocenters. The quantitative estimate of drug-likeness (QED) is 0.487. The lowest BCUT2D eigenvalue weighted by Crippen LogP contribution is -1.78. The van der Waals surface area contributed by atoms with Crippen LogP contribution in [0.5, 0.6) is 0 Å². The molecule has 1 aliphatic carbocycles. The molecule has 0 unspecified atom stereocenters. The van der Waals surface area contributed by atoms with Gasteiger partial charge in [0.2, 0.25) is 0 Å². The first-order valence-corrected chi connectivity index (χ1v) is 3.13. The maximum atomic E-state index is 3.94. The first kappa shape index (κ1) is 5.61. The van der Waals surface area contributed by atoms with Crippen LogP contribution < -0.4 is 0 Å². The van der Waals surface area contributed by atoms with Crippen molar-refractivity contribution in [1.29, 1.82) is 0 Å². The van der Waals surface area contributed by atoms with Crippen molar-refractivity contribution in [2.24, 2.45) is 5.92 Å². The van der Waals surface area contributed by atoms with Crippen molar-refractivity contribution in [2.45, 2.75) is 19.3 Å². The van der Waals surface area contributed by atoms with E-state index in [-0.39, 0.29) is 0 Å². The Kier molecular flexibility index (Phi) is 1.52. The summed E-state index contributed by atoms with van der Waals surface area (Å²) in [5, 5.41) is 0. The SMILES string of the molecule is C=CCC(=C)C1CC1. The summed E-state index contributed by atoms with van der Waals surface area (Å²) in [4.78, 5) is 0. The van der Waals surface area contributed by atoms with Crippen LogP contribution in [-0.4, -0.2) is 0 Å². The molecule has 0 spiro atoms. The van der Waals surface area contributed by atoms with E-state index in [1.54, 1.807) is 0 Å². The molecule has 0 saturated heterocycles. The van der Waals surface area contributed by atoms with Crippen LogP contribution in [0.4, 0.5) is 0 Å². The minimum atomic E-state index is 0.855. The summed E-state index contributed by atoms with van der Waals surface area (Å²) < 4.78 is 0. The molecule has 0 bridgehead atoms. The summed E-state index contributed by atoms with van der Waals surface area (Å²) in [6.45, 7) is 7.59. The lowest BCUT2D eigenvalue weighted by atomic mass is 10.1. The van der Waals surface area contributed by atoms with Gasteiger partial charge in [0, 0.05) is 0 Å². The molecule has 8 heavy (non-hydrogen) atoms. The predicted molar refractivity (Wildman–Crippen MR) is 36.7 cm³/mol. The highest BCUT2D eigenvalue weighted by Crippen LogP contribution is 2.36. The van der Waals surface area contributed by atoms with Gasteiger partial charge in [0.15, 0.2) is 0 Å². The lowest BCUT2D eigenvalue weighted by Gasteiger charge is -1.94. The minimum absolute atomic E-state index is 0.855. The highest BCUT2D eigenvalue weighted by atomic mass is 14.3. The number of allylic oxidation sites excluding steroid dienone is 2. The molecule has 1 aliphatic rings. The Balaban J connectivity index is 2.22. The normalized spacial score (nSPS) is 18.0. The zero-order valence-electron chi connectivity index (χ0n) is 5.19. The maximum absolute atomic E-state index is 3.94. The third kappa shape index (κ3) is 1.22. The number of hydrogen-bond donors (Lipinski definition) is 0. The molecule has 0 aromatic heterocycles. The molecule has 1 saturated carbocycles. The molecular weight excluding hydrogens is 96.1 g/mol. The number of hydrogen-bond acceptors (Lipinski definition) is 0. The standard InChI is InChI=1S/C8H12/c1-3-4-7(2)8-5-6-8/h3,8H,1-2,4-6H2. The Hall–Kier alpha value is -0.520. The van der Waals surface area contributed by atoms with Crippen LogP contribution >= 0.6 is 0 Å². The van der Waals surface area contributed by atoms with Gasteiger partial charge in [-0.25, -0.2) is 0 Å². The Labute approximate surface area is 50.9 Å². The molecule has 0 heterocycles. The first-order valence-electron chi connectivity index (χ1n) is 3.13. The molecule has 1 rings (SSSR count).